The number of hydrogen-bond acceptors (Lipinski definition) is 5. The number of imide groups is 1. The van der Waals surface area contributed by atoms with Crippen LogP contribution in [0.1, 0.15) is 79.3 Å². The molecule has 3 amide bonds. The first-order valence-corrected chi connectivity index (χ1v) is 12.7. The topological polar surface area (TPSA) is 79.0 Å². The molecule has 5 aliphatic rings. The molecule has 1 aromatic rings. The second kappa shape index (κ2) is 8.12. The van der Waals surface area contributed by atoms with Crippen LogP contribution in [0.5, 0.6) is 5.75 Å². The van der Waals surface area contributed by atoms with Crippen LogP contribution in [0.15, 0.2) is 12.1 Å². The summed E-state index contributed by atoms with van der Waals surface area (Å²) in [5, 5.41) is 2.38. The summed E-state index contributed by atoms with van der Waals surface area (Å²) in [7, 11) is 0. The zero-order chi connectivity index (χ0) is 22.6. The second-order valence-electron chi connectivity index (χ2n) is 10.7. The van der Waals surface area contributed by atoms with Gasteiger partial charge in [-0.15, -0.1) is 0 Å². The molecule has 176 valence electrons. The zero-order valence-electron chi connectivity index (χ0n) is 19.2. The van der Waals surface area contributed by atoms with Crippen LogP contribution in [0.2, 0.25) is 0 Å². The summed E-state index contributed by atoms with van der Waals surface area (Å²) in [5.74, 6) is 0.978. The third-order valence-corrected chi connectivity index (χ3v) is 8.79. The molecular weight excluding hydrogens is 418 g/mol. The highest BCUT2D eigenvalue weighted by atomic mass is 16.5. The number of benzene rings is 1. The van der Waals surface area contributed by atoms with Crippen molar-refractivity contribution < 1.29 is 19.1 Å². The average molecular weight is 452 g/mol. The molecule has 1 unspecified atom stereocenters. The van der Waals surface area contributed by atoms with Crippen molar-refractivity contribution in [1.82, 2.24) is 15.1 Å². The highest BCUT2D eigenvalue weighted by Crippen LogP contribution is 2.49. The Balaban J connectivity index is 1.18. The van der Waals surface area contributed by atoms with Crippen LogP contribution in [0, 0.1) is 5.92 Å². The van der Waals surface area contributed by atoms with E-state index < -0.39 is 6.04 Å². The molecule has 1 spiro atoms. The van der Waals surface area contributed by atoms with E-state index in [0.29, 0.717) is 25.1 Å². The monoisotopic (exact) mass is 451 g/mol. The van der Waals surface area contributed by atoms with E-state index >= 15 is 0 Å². The standard InChI is InChI=1S/C26H33N3O4/c30-22-9-8-21(24(31)27-22)29-15-19-18(25(29)32)6-7-20-23(19)33-16-26(20)10-12-28(13-11-26)14-17-4-2-1-3-5-17/h6-7,17,21H,1-5,8-16H2,(H,27,30,31). The Kier molecular flexibility index (Phi) is 5.20. The molecule has 1 N–H and O–H groups in total. The van der Waals surface area contributed by atoms with E-state index in [4.69, 9.17) is 4.74 Å². The Morgan fingerprint density at radius 3 is 2.58 bits per heavy atom. The number of carbonyl (C=O) groups excluding carboxylic acids is 3. The quantitative estimate of drug-likeness (QED) is 0.715. The lowest BCUT2D eigenvalue weighted by Gasteiger charge is -2.40. The van der Waals surface area contributed by atoms with Crippen molar-refractivity contribution in [3.05, 3.63) is 28.8 Å². The maximum Gasteiger partial charge on any atom is 0.255 e. The zero-order valence-corrected chi connectivity index (χ0v) is 19.2. The van der Waals surface area contributed by atoms with Gasteiger partial charge in [-0.1, -0.05) is 25.3 Å². The van der Waals surface area contributed by atoms with Crippen molar-refractivity contribution in [2.45, 2.75) is 75.8 Å². The van der Waals surface area contributed by atoms with Crippen LogP contribution >= 0.6 is 0 Å². The number of rotatable bonds is 3. The van der Waals surface area contributed by atoms with Crippen molar-refractivity contribution in [1.29, 1.82) is 0 Å². The normalized spacial score (nSPS) is 27.5. The first-order chi connectivity index (χ1) is 16.0. The molecule has 3 fully saturated rings. The van der Waals surface area contributed by atoms with Crippen LogP contribution in [-0.4, -0.2) is 59.8 Å². The van der Waals surface area contributed by atoms with E-state index in [1.807, 2.05) is 6.07 Å². The fraction of sp³-hybridized carbons (Fsp3) is 0.654. The largest absolute Gasteiger partial charge is 0.492 e. The molecule has 6 rings (SSSR count). The SMILES string of the molecule is O=C1CCC(N2Cc3c(ccc4c3OCC43CCN(CC4CCCCC4)CC3)C2=O)C(=O)N1. The molecule has 1 saturated carbocycles. The summed E-state index contributed by atoms with van der Waals surface area (Å²) in [6, 6.07) is 3.45. The van der Waals surface area contributed by atoms with Gasteiger partial charge in [0.15, 0.2) is 0 Å². The lowest BCUT2D eigenvalue weighted by molar-refractivity contribution is -0.136. The Labute approximate surface area is 194 Å². The molecule has 2 saturated heterocycles. The predicted octanol–water partition coefficient (Wildman–Crippen LogP) is 2.75. The minimum atomic E-state index is -0.586. The molecule has 1 aliphatic carbocycles. The Morgan fingerprint density at radius 2 is 1.82 bits per heavy atom. The van der Waals surface area contributed by atoms with Crippen LogP contribution in [0.25, 0.3) is 0 Å². The Hall–Kier alpha value is -2.41. The molecule has 4 heterocycles. The second-order valence-corrected chi connectivity index (χ2v) is 10.7. The Morgan fingerprint density at radius 1 is 1.03 bits per heavy atom. The van der Waals surface area contributed by atoms with Gasteiger partial charge in [0.1, 0.15) is 11.8 Å². The van der Waals surface area contributed by atoms with E-state index in [0.717, 1.165) is 43.2 Å². The average Bonchev–Trinajstić information content (AvgIpc) is 3.35. The van der Waals surface area contributed by atoms with Gasteiger partial charge in [-0.05, 0) is 57.2 Å². The van der Waals surface area contributed by atoms with Gasteiger partial charge in [0.25, 0.3) is 5.91 Å². The molecule has 0 bridgehead atoms. The molecule has 1 atom stereocenters. The van der Waals surface area contributed by atoms with Crippen LogP contribution in [-0.2, 0) is 21.5 Å². The highest BCUT2D eigenvalue weighted by Gasteiger charge is 2.47. The number of ether oxygens (including phenoxy) is 1. The summed E-state index contributed by atoms with van der Waals surface area (Å²) >= 11 is 0. The number of fused-ring (bicyclic) bond motifs is 4. The van der Waals surface area contributed by atoms with Gasteiger partial charge in [0.2, 0.25) is 11.8 Å². The van der Waals surface area contributed by atoms with Gasteiger partial charge < -0.3 is 14.5 Å². The fourth-order valence-corrected chi connectivity index (χ4v) is 6.80. The summed E-state index contributed by atoms with van der Waals surface area (Å²) in [6.45, 7) is 4.52. The van der Waals surface area contributed by atoms with Crippen LogP contribution in [0.3, 0.4) is 0 Å². The van der Waals surface area contributed by atoms with E-state index in [-0.39, 0.29) is 29.6 Å². The summed E-state index contributed by atoms with van der Waals surface area (Å²) in [6.07, 6.45) is 9.80. The maximum absolute atomic E-state index is 13.1. The third-order valence-electron chi connectivity index (χ3n) is 8.79. The molecule has 7 heteroatoms. The lowest BCUT2D eigenvalue weighted by Crippen LogP contribution is -2.52. The first kappa shape index (κ1) is 21.1. The first-order valence-electron chi connectivity index (χ1n) is 12.7. The summed E-state index contributed by atoms with van der Waals surface area (Å²) < 4.78 is 6.30. The minimum Gasteiger partial charge on any atom is -0.492 e. The number of carbonyl (C=O) groups is 3. The van der Waals surface area contributed by atoms with Gasteiger partial charge in [0, 0.05) is 35.1 Å². The molecule has 0 aromatic heterocycles. The summed E-state index contributed by atoms with van der Waals surface area (Å²) in [4.78, 5) is 41.3. The number of hydrogen-bond donors (Lipinski definition) is 1. The fourth-order valence-electron chi connectivity index (χ4n) is 6.80. The van der Waals surface area contributed by atoms with Gasteiger partial charge in [-0.3, -0.25) is 19.7 Å². The van der Waals surface area contributed by atoms with Crippen LogP contribution < -0.4 is 10.1 Å². The number of nitrogens with zero attached hydrogens (tertiary/aromatic N) is 2. The summed E-state index contributed by atoms with van der Waals surface area (Å²) in [5.41, 5.74) is 2.85. The number of amides is 3. The van der Waals surface area contributed by atoms with Crippen molar-refractivity contribution >= 4 is 17.7 Å². The van der Waals surface area contributed by atoms with E-state index in [9.17, 15) is 14.4 Å². The van der Waals surface area contributed by atoms with Gasteiger partial charge in [0.05, 0.1) is 13.2 Å². The van der Waals surface area contributed by atoms with E-state index in [1.54, 1.807) is 4.90 Å². The third kappa shape index (κ3) is 3.56. The number of nitrogens with one attached hydrogen (secondary N) is 1. The van der Waals surface area contributed by atoms with Crippen molar-refractivity contribution in [3.63, 3.8) is 0 Å². The van der Waals surface area contributed by atoms with Gasteiger partial charge >= 0.3 is 0 Å². The van der Waals surface area contributed by atoms with E-state index in [2.05, 4.69) is 16.3 Å². The predicted molar refractivity (Wildman–Crippen MR) is 122 cm³/mol. The molecule has 0 radical (unpaired) electrons. The van der Waals surface area contributed by atoms with Gasteiger partial charge in [-0.25, -0.2) is 0 Å². The maximum atomic E-state index is 13.1. The van der Waals surface area contributed by atoms with Crippen molar-refractivity contribution in [3.8, 4) is 5.75 Å². The molecular formula is C26H33N3O4. The lowest BCUT2D eigenvalue weighted by atomic mass is 9.73. The molecule has 4 aliphatic heterocycles. The molecule has 7 nitrogen and oxygen atoms in total. The Bertz CT molecular complexity index is 991. The van der Waals surface area contributed by atoms with Crippen molar-refractivity contribution in [2.24, 2.45) is 5.92 Å². The number of piperidine rings is 2. The van der Waals surface area contributed by atoms with Crippen molar-refractivity contribution in [2.75, 3.05) is 26.2 Å². The molecule has 33 heavy (non-hydrogen) atoms. The minimum absolute atomic E-state index is 0.0402. The van der Waals surface area contributed by atoms with Gasteiger partial charge in [-0.2, -0.15) is 0 Å². The molecule has 1 aromatic carbocycles. The smallest absolute Gasteiger partial charge is 0.255 e. The number of likely N-dealkylation sites (tertiary alicyclic amines) is 1. The van der Waals surface area contributed by atoms with Crippen LogP contribution in [0.4, 0.5) is 0 Å². The highest BCUT2D eigenvalue weighted by molar-refractivity contribution is 6.05. The van der Waals surface area contributed by atoms with E-state index in [1.165, 1.54) is 44.2 Å².